The van der Waals surface area contributed by atoms with E-state index in [1.165, 1.54) is 37.7 Å². The van der Waals surface area contributed by atoms with Crippen LogP contribution in [-0.2, 0) is 13.0 Å². The van der Waals surface area contributed by atoms with Crippen LogP contribution in [0.2, 0.25) is 0 Å². The number of benzene rings is 1. The van der Waals surface area contributed by atoms with Gasteiger partial charge in [0, 0.05) is 6.54 Å². The summed E-state index contributed by atoms with van der Waals surface area (Å²) < 4.78 is 1.90. The summed E-state index contributed by atoms with van der Waals surface area (Å²) in [5.74, 6) is 0. The van der Waals surface area contributed by atoms with Gasteiger partial charge in [0.1, 0.15) is 12.7 Å². The lowest BCUT2D eigenvalue weighted by atomic mass is 10.1. The van der Waals surface area contributed by atoms with Gasteiger partial charge in [0.05, 0.1) is 0 Å². The normalized spacial score (nSPS) is 10.6. The quantitative estimate of drug-likeness (QED) is 0.683. The molecule has 0 unspecified atom stereocenters. The van der Waals surface area contributed by atoms with Crippen molar-refractivity contribution in [1.82, 2.24) is 14.8 Å². The maximum atomic E-state index is 4.09. The van der Waals surface area contributed by atoms with Gasteiger partial charge in [-0.1, -0.05) is 43.2 Å². The molecule has 17 heavy (non-hydrogen) atoms. The highest BCUT2D eigenvalue weighted by atomic mass is 15.3. The zero-order valence-corrected chi connectivity index (χ0v) is 10.1. The predicted molar refractivity (Wildman–Crippen MR) is 68.6 cm³/mol. The average Bonchev–Trinajstić information content (AvgIpc) is 2.88. The van der Waals surface area contributed by atoms with Gasteiger partial charge in [0.15, 0.2) is 0 Å². The fourth-order valence-electron chi connectivity index (χ4n) is 1.95. The molecule has 90 valence electrons. The Morgan fingerprint density at radius 3 is 2.53 bits per heavy atom. The Balaban J connectivity index is 1.52. The van der Waals surface area contributed by atoms with E-state index >= 15 is 0 Å². The molecule has 2 aromatic rings. The number of nitrogens with zero attached hydrogens (tertiary/aromatic N) is 3. The first-order valence-electron chi connectivity index (χ1n) is 6.31. The van der Waals surface area contributed by atoms with Crippen LogP contribution in [0.5, 0.6) is 0 Å². The summed E-state index contributed by atoms with van der Waals surface area (Å²) in [6.07, 6.45) is 9.61. The lowest BCUT2D eigenvalue weighted by Gasteiger charge is -2.02. The van der Waals surface area contributed by atoms with Crippen molar-refractivity contribution in [1.29, 1.82) is 0 Å². The molecule has 0 atom stereocenters. The molecular formula is C14H19N3. The Morgan fingerprint density at radius 1 is 0.941 bits per heavy atom. The van der Waals surface area contributed by atoms with Gasteiger partial charge in [-0.2, -0.15) is 5.10 Å². The molecule has 0 amide bonds. The summed E-state index contributed by atoms with van der Waals surface area (Å²) in [6.45, 7) is 0.991. The molecule has 0 saturated carbocycles. The van der Waals surface area contributed by atoms with Crippen molar-refractivity contribution in [2.45, 2.75) is 38.6 Å². The summed E-state index contributed by atoms with van der Waals surface area (Å²) in [5, 5.41) is 4.09. The molecule has 1 aromatic heterocycles. The molecule has 0 radical (unpaired) electrons. The topological polar surface area (TPSA) is 30.7 Å². The van der Waals surface area contributed by atoms with Crippen molar-refractivity contribution in [2.24, 2.45) is 0 Å². The zero-order valence-electron chi connectivity index (χ0n) is 10.1. The Hall–Kier alpha value is -1.64. The molecule has 0 fully saturated rings. The minimum absolute atomic E-state index is 0.991. The van der Waals surface area contributed by atoms with Gasteiger partial charge >= 0.3 is 0 Å². The maximum absolute atomic E-state index is 4.09. The van der Waals surface area contributed by atoms with Crippen molar-refractivity contribution in [2.75, 3.05) is 0 Å². The monoisotopic (exact) mass is 229 g/mol. The summed E-state index contributed by atoms with van der Waals surface area (Å²) in [7, 11) is 0. The predicted octanol–water partition coefficient (Wildman–Crippen LogP) is 3.08. The van der Waals surface area contributed by atoms with Crippen LogP contribution in [0, 0.1) is 0 Å². The lowest BCUT2D eigenvalue weighted by Crippen LogP contribution is -1.98. The van der Waals surface area contributed by atoms with E-state index in [-0.39, 0.29) is 0 Å². The van der Waals surface area contributed by atoms with Crippen molar-refractivity contribution < 1.29 is 0 Å². The molecule has 0 bridgehead atoms. The van der Waals surface area contributed by atoms with Gasteiger partial charge in [-0.15, -0.1) is 0 Å². The van der Waals surface area contributed by atoms with E-state index in [2.05, 4.69) is 40.4 Å². The fraction of sp³-hybridized carbons (Fsp3) is 0.429. The zero-order chi connectivity index (χ0) is 11.8. The summed E-state index contributed by atoms with van der Waals surface area (Å²) in [4.78, 5) is 3.93. The standard InChI is InChI=1S/C14H19N3/c1(2-7-11-17-13-15-12-16-17)4-8-14-9-5-3-6-10-14/h3,5-6,9-10,12-13H,1-2,4,7-8,11H2. The van der Waals surface area contributed by atoms with Gasteiger partial charge in [-0.25, -0.2) is 4.98 Å². The molecule has 0 saturated heterocycles. The van der Waals surface area contributed by atoms with Crippen LogP contribution >= 0.6 is 0 Å². The molecule has 3 heteroatoms. The van der Waals surface area contributed by atoms with Crippen LogP contribution in [0.1, 0.15) is 31.2 Å². The fourth-order valence-corrected chi connectivity index (χ4v) is 1.95. The highest BCUT2D eigenvalue weighted by Crippen LogP contribution is 2.07. The second-order valence-electron chi connectivity index (χ2n) is 4.31. The van der Waals surface area contributed by atoms with Gasteiger partial charge in [-0.05, 0) is 24.8 Å². The largest absolute Gasteiger partial charge is 0.253 e. The van der Waals surface area contributed by atoms with Crippen LogP contribution < -0.4 is 0 Å². The average molecular weight is 229 g/mol. The van der Waals surface area contributed by atoms with Crippen molar-refractivity contribution in [3.05, 3.63) is 48.5 Å². The smallest absolute Gasteiger partial charge is 0.137 e. The van der Waals surface area contributed by atoms with E-state index in [0.29, 0.717) is 0 Å². The minimum Gasteiger partial charge on any atom is -0.253 e. The first-order valence-corrected chi connectivity index (χ1v) is 6.31. The first kappa shape index (κ1) is 11.8. The second-order valence-corrected chi connectivity index (χ2v) is 4.31. The van der Waals surface area contributed by atoms with Crippen molar-refractivity contribution in [3.8, 4) is 0 Å². The number of hydrogen-bond acceptors (Lipinski definition) is 2. The highest BCUT2D eigenvalue weighted by molar-refractivity contribution is 5.14. The van der Waals surface area contributed by atoms with Crippen LogP contribution in [0.25, 0.3) is 0 Å². The molecule has 1 heterocycles. The van der Waals surface area contributed by atoms with E-state index < -0.39 is 0 Å². The molecule has 0 aliphatic rings. The number of rotatable bonds is 7. The first-order chi connectivity index (χ1) is 8.45. The Morgan fingerprint density at radius 2 is 1.76 bits per heavy atom. The third-order valence-corrected chi connectivity index (χ3v) is 2.91. The van der Waals surface area contributed by atoms with E-state index in [1.807, 2.05) is 4.68 Å². The molecular weight excluding hydrogens is 210 g/mol. The summed E-state index contributed by atoms with van der Waals surface area (Å²) in [5.41, 5.74) is 1.45. The third kappa shape index (κ3) is 4.39. The van der Waals surface area contributed by atoms with Crippen molar-refractivity contribution in [3.63, 3.8) is 0 Å². The van der Waals surface area contributed by atoms with Gasteiger partial charge in [0.25, 0.3) is 0 Å². The highest BCUT2D eigenvalue weighted by Gasteiger charge is 1.94. The maximum Gasteiger partial charge on any atom is 0.137 e. The Kier molecular flexibility index (Phi) is 4.76. The van der Waals surface area contributed by atoms with Gasteiger partial charge in [-0.3, -0.25) is 4.68 Å². The van der Waals surface area contributed by atoms with E-state index in [4.69, 9.17) is 0 Å². The molecule has 1 aromatic carbocycles. The third-order valence-electron chi connectivity index (χ3n) is 2.91. The lowest BCUT2D eigenvalue weighted by molar-refractivity contribution is 0.534. The summed E-state index contributed by atoms with van der Waals surface area (Å²) in [6, 6.07) is 10.7. The molecule has 0 aliphatic heterocycles. The molecule has 0 N–H and O–H groups in total. The summed E-state index contributed by atoms with van der Waals surface area (Å²) >= 11 is 0. The van der Waals surface area contributed by atoms with Crippen molar-refractivity contribution >= 4 is 0 Å². The number of aromatic nitrogens is 3. The minimum atomic E-state index is 0.991. The number of aryl methyl sites for hydroxylation is 2. The van der Waals surface area contributed by atoms with E-state index in [9.17, 15) is 0 Å². The molecule has 3 nitrogen and oxygen atoms in total. The second kappa shape index (κ2) is 6.84. The van der Waals surface area contributed by atoms with Gasteiger partial charge in [0.2, 0.25) is 0 Å². The number of unbranched alkanes of at least 4 members (excludes halogenated alkanes) is 3. The molecule has 0 spiro atoms. The van der Waals surface area contributed by atoms with Crippen LogP contribution in [0.4, 0.5) is 0 Å². The Labute approximate surface area is 103 Å². The molecule has 0 aliphatic carbocycles. The van der Waals surface area contributed by atoms with Crippen LogP contribution in [0.15, 0.2) is 43.0 Å². The SMILES string of the molecule is c1ccc(CCCCCCn2cncn2)cc1. The van der Waals surface area contributed by atoms with E-state index in [1.54, 1.807) is 12.7 Å². The molecule has 2 rings (SSSR count). The van der Waals surface area contributed by atoms with Gasteiger partial charge < -0.3 is 0 Å². The van der Waals surface area contributed by atoms with Crippen LogP contribution in [-0.4, -0.2) is 14.8 Å². The Bertz CT molecular complexity index is 395. The van der Waals surface area contributed by atoms with Crippen LogP contribution in [0.3, 0.4) is 0 Å². The van der Waals surface area contributed by atoms with E-state index in [0.717, 1.165) is 6.54 Å². The number of hydrogen-bond donors (Lipinski definition) is 0.